The summed E-state index contributed by atoms with van der Waals surface area (Å²) in [6, 6.07) is 6.07. The zero-order valence-electron chi connectivity index (χ0n) is 9.40. The van der Waals surface area contributed by atoms with E-state index in [2.05, 4.69) is 11.1 Å². The fraction of sp³-hybridized carbons (Fsp3) is 0.231. The maximum atomic E-state index is 11.2. The molecule has 1 aromatic carbocycles. The Morgan fingerprint density at radius 2 is 2.35 bits per heavy atom. The number of fused-ring (bicyclic) bond motifs is 1. The molecular weight excluding hydrogens is 234 g/mol. The molecule has 2 aromatic rings. The van der Waals surface area contributed by atoms with Gasteiger partial charge in [-0.15, -0.1) is 11.3 Å². The molecule has 0 bridgehead atoms. The van der Waals surface area contributed by atoms with Crippen LogP contribution >= 0.6 is 11.3 Å². The lowest BCUT2D eigenvalue weighted by Crippen LogP contribution is -1.91. The van der Waals surface area contributed by atoms with Crippen LogP contribution in [0.25, 0.3) is 10.6 Å². The Balaban J connectivity index is 2.00. The highest BCUT2D eigenvalue weighted by molar-refractivity contribution is 7.13. The zero-order chi connectivity index (χ0) is 11.8. The second kappa shape index (κ2) is 3.96. The van der Waals surface area contributed by atoms with E-state index in [4.69, 9.17) is 4.74 Å². The Morgan fingerprint density at radius 1 is 1.47 bits per heavy atom. The van der Waals surface area contributed by atoms with Crippen molar-refractivity contribution in [1.29, 1.82) is 0 Å². The molecule has 0 fully saturated rings. The van der Waals surface area contributed by atoms with Gasteiger partial charge in [-0.2, -0.15) is 0 Å². The first kappa shape index (κ1) is 10.5. The molecule has 17 heavy (non-hydrogen) atoms. The number of hydrogen-bond acceptors (Lipinski definition) is 4. The van der Waals surface area contributed by atoms with E-state index < -0.39 is 0 Å². The summed E-state index contributed by atoms with van der Waals surface area (Å²) in [6.07, 6.45) is 0.952. The monoisotopic (exact) mass is 245 g/mol. The minimum atomic E-state index is 0.0111. The zero-order valence-corrected chi connectivity index (χ0v) is 10.2. The van der Waals surface area contributed by atoms with Gasteiger partial charge in [-0.3, -0.25) is 4.79 Å². The van der Waals surface area contributed by atoms with Crippen molar-refractivity contribution in [3.63, 3.8) is 0 Å². The number of Topliss-reactive ketones (excluding diaryl/α,β-unsaturated/α-hetero) is 1. The number of thiazole rings is 1. The van der Waals surface area contributed by atoms with Gasteiger partial charge in [0.15, 0.2) is 5.78 Å². The molecule has 0 radical (unpaired) electrons. The minimum Gasteiger partial charge on any atom is -0.493 e. The van der Waals surface area contributed by atoms with E-state index in [1.54, 1.807) is 5.38 Å². The SMILES string of the molecule is CC(=O)c1csc(-c2ccc3c(c2)CCO3)n1. The van der Waals surface area contributed by atoms with Crippen molar-refractivity contribution in [2.75, 3.05) is 6.61 Å². The normalized spacial score (nSPS) is 13.2. The summed E-state index contributed by atoms with van der Waals surface area (Å²) in [6.45, 7) is 2.30. The quantitative estimate of drug-likeness (QED) is 0.764. The van der Waals surface area contributed by atoms with E-state index in [1.807, 2.05) is 12.1 Å². The van der Waals surface area contributed by atoms with Crippen molar-refractivity contribution in [2.24, 2.45) is 0 Å². The number of nitrogens with zero attached hydrogens (tertiary/aromatic N) is 1. The van der Waals surface area contributed by atoms with Gasteiger partial charge in [-0.1, -0.05) is 0 Å². The lowest BCUT2D eigenvalue weighted by molar-refractivity contribution is 0.101. The minimum absolute atomic E-state index is 0.0111. The highest BCUT2D eigenvalue weighted by Crippen LogP contribution is 2.31. The number of ketones is 1. The molecule has 86 valence electrons. The van der Waals surface area contributed by atoms with E-state index in [1.165, 1.54) is 23.8 Å². The lowest BCUT2D eigenvalue weighted by Gasteiger charge is -2.00. The molecule has 1 aliphatic rings. The van der Waals surface area contributed by atoms with Gasteiger partial charge in [0, 0.05) is 24.3 Å². The van der Waals surface area contributed by atoms with Crippen molar-refractivity contribution in [3.05, 3.63) is 34.8 Å². The first-order valence-electron chi connectivity index (χ1n) is 5.46. The number of rotatable bonds is 2. The predicted molar refractivity (Wildman–Crippen MR) is 66.8 cm³/mol. The largest absolute Gasteiger partial charge is 0.493 e. The predicted octanol–water partition coefficient (Wildman–Crippen LogP) is 2.95. The first-order chi connectivity index (χ1) is 8.24. The van der Waals surface area contributed by atoms with Crippen LogP contribution in [0.3, 0.4) is 0 Å². The molecule has 0 saturated heterocycles. The Morgan fingerprint density at radius 3 is 3.12 bits per heavy atom. The summed E-state index contributed by atoms with van der Waals surface area (Å²) in [4.78, 5) is 15.5. The molecule has 2 heterocycles. The van der Waals surface area contributed by atoms with Crippen molar-refractivity contribution >= 4 is 17.1 Å². The molecule has 4 heteroatoms. The van der Waals surface area contributed by atoms with Gasteiger partial charge >= 0.3 is 0 Å². The summed E-state index contributed by atoms with van der Waals surface area (Å²) in [7, 11) is 0. The van der Waals surface area contributed by atoms with Crippen LogP contribution in [0.4, 0.5) is 0 Å². The molecule has 1 aliphatic heterocycles. The first-order valence-corrected chi connectivity index (χ1v) is 6.34. The second-order valence-electron chi connectivity index (χ2n) is 4.02. The molecule has 3 nitrogen and oxygen atoms in total. The van der Waals surface area contributed by atoms with E-state index in [9.17, 15) is 4.79 Å². The Labute approximate surface area is 103 Å². The van der Waals surface area contributed by atoms with E-state index in [-0.39, 0.29) is 5.78 Å². The molecule has 0 unspecified atom stereocenters. The Kier molecular flexibility index (Phi) is 2.44. The van der Waals surface area contributed by atoms with Crippen LogP contribution in [0, 0.1) is 0 Å². The average Bonchev–Trinajstić information content (AvgIpc) is 2.97. The smallest absolute Gasteiger partial charge is 0.178 e. The maximum absolute atomic E-state index is 11.2. The molecular formula is C13H11NO2S. The van der Waals surface area contributed by atoms with Crippen molar-refractivity contribution in [2.45, 2.75) is 13.3 Å². The standard InChI is InChI=1S/C13H11NO2S/c1-8(15)11-7-17-13(14-11)10-2-3-12-9(6-10)4-5-16-12/h2-3,6-7H,4-5H2,1H3. The molecule has 0 spiro atoms. The van der Waals surface area contributed by atoms with Crippen molar-refractivity contribution in [3.8, 4) is 16.3 Å². The Bertz CT molecular complexity index is 589. The van der Waals surface area contributed by atoms with Crippen LogP contribution in [0.2, 0.25) is 0 Å². The average molecular weight is 245 g/mol. The fourth-order valence-corrected chi connectivity index (χ4v) is 2.74. The van der Waals surface area contributed by atoms with E-state index in [0.717, 1.165) is 29.3 Å². The van der Waals surface area contributed by atoms with Crippen molar-refractivity contribution < 1.29 is 9.53 Å². The number of benzene rings is 1. The van der Waals surface area contributed by atoms with Crippen LogP contribution < -0.4 is 4.74 Å². The third kappa shape index (κ3) is 1.85. The highest BCUT2D eigenvalue weighted by atomic mass is 32.1. The lowest BCUT2D eigenvalue weighted by atomic mass is 10.1. The number of hydrogen-bond donors (Lipinski definition) is 0. The Hall–Kier alpha value is -1.68. The molecule has 1 aromatic heterocycles. The van der Waals surface area contributed by atoms with Crippen LogP contribution in [0.5, 0.6) is 5.75 Å². The molecule has 0 saturated carbocycles. The topological polar surface area (TPSA) is 39.2 Å². The maximum Gasteiger partial charge on any atom is 0.178 e. The van der Waals surface area contributed by atoms with Crippen LogP contribution in [-0.4, -0.2) is 17.4 Å². The van der Waals surface area contributed by atoms with Gasteiger partial charge in [0.25, 0.3) is 0 Å². The number of carbonyl (C=O) groups is 1. The fourth-order valence-electron chi connectivity index (χ4n) is 1.89. The van der Waals surface area contributed by atoms with Crippen LogP contribution in [0.15, 0.2) is 23.6 Å². The molecule has 0 aliphatic carbocycles. The molecule has 3 rings (SSSR count). The summed E-state index contributed by atoms with van der Waals surface area (Å²) in [5.74, 6) is 0.981. The van der Waals surface area contributed by atoms with Gasteiger partial charge in [0.05, 0.1) is 6.61 Å². The van der Waals surface area contributed by atoms with Gasteiger partial charge in [-0.25, -0.2) is 4.98 Å². The highest BCUT2D eigenvalue weighted by Gasteiger charge is 2.14. The van der Waals surface area contributed by atoms with Gasteiger partial charge in [-0.05, 0) is 23.8 Å². The third-order valence-corrected chi connectivity index (χ3v) is 3.69. The van der Waals surface area contributed by atoms with Gasteiger partial charge in [0.1, 0.15) is 16.5 Å². The molecule has 0 atom stereocenters. The molecule has 0 amide bonds. The summed E-state index contributed by atoms with van der Waals surface area (Å²) < 4.78 is 5.46. The van der Waals surface area contributed by atoms with Gasteiger partial charge in [0.2, 0.25) is 0 Å². The third-order valence-electron chi connectivity index (χ3n) is 2.80. The van der Waals surface area contributed by atoms with Gasteiger partial charge < -0.3 is 4.74 Å². The number of carbonyl (C=O) groups excluding carboxylic acids is 1. The van der Waals surface area contributed by atoms with Crippen LogP contribution in [0.1, 0.15) is 23.0 Å². The number of ether oxygens (including phenoxy) is 1. The summed E-state index contributed by atoms with van der Waals surface area (Å²) >= 11 is 1.50. The van der Waals surface area contributed by atoms with Crippen LogP contribution in [-0.2, 0) is 6.42 Å². The van der Waals surface area contributed by atoms with E-state index in [0.29, 0.717) is 5.69 Å². The second-order valence-corrected chi connectivity index (χ2v) is 4.87. The number of aromatic nitrogens is 1. The summed E-state index contributed by atoms with van der Waals surface area (Å²) in [5.41, 5.74) is 2.83. The molecule has 0 N–H and O–H groups in total. The van der Waals surface area contributed by atoms with E-state index >= 15 is 0 Å². The summed E-state index contributed by atoms with van der Waals surface area (Å²) in [5, 5.41) is 2.70. The van der Waals surface area contributed by atoms with Crippen molar-refractivity contribution in [1.82, 2.24) is 4.98 Å².